The molecule has 1 aromatic carbocycles. The molecule has 0 spiro atoms. The van der Waals surface area contributed by atoms with E-state index in [-0.39, 0.29) is 18.0 Å². The molecule has 6 nitrogen and oxygen atoms in total. The van der Waals surface area contributed by atoms with Gasteiger partial charge in [0, 0.05) is 36.4 Å². The minimum absolute atomic E-state index is 0.0563. The maximum atomic E-state index is 12.9. The number of nitrogens with zero attached hydrogens (tertiary/aromatic N) is 4. The Morgan fingerprint density at radius 3 is 2.61 bits per heavy atom. The predicted molar refractivity (Wildman–Crippen MR) is 102 cm³/mol. The van der Waals surface area contributed by atoms with Gasteiger partial charge in [-0.25, -0.2) is 4.68 Å². The van der Waals surface area contributed by atoms with Crippen molar-refractivity contribution < 1.29 is 18.7 Å². The molecular weight excluding hydrogens is 434 g/mol. The van der Waals surface area contributed by atoms with E-state index in [9.17, 15) is 18.7 Å². The van der Waals surface area contributed by atoms with Gasteiger partial charge in [-0.3, -0.25) is 9.78 Å². The number of halogens is 3. The number of benzene rings is 1. The Kier molecular flexibility index (Phi) is 6.35. The Morgan fingerprint density at radius 2 is 1.96 bits per heavy atom. The number of carbonyl (C=O) groups is 1. The van der Waals surface area contributed by atoms with E-state index < -0.39 is 12.5 Å². The van der Waals surface area contributed by atoms with Gasteiger partial charge in [0.15, 0.2) is 5.69 Å². The number of carbonyl (C=O) groups excluding carboxylic acids is 1. The molecule has 0 fully saturated rings. The van der Waals surface area contributed by atoms with Crippen LogP contribution in [0.1, 0.15) is 28.3 Å². The third kappa shape index (κ3) is 4.92. The highest BCUT2D eigenvalue weighted by Crippen LogP contribution is 2.18. The van der Waals surface area contributed by atoms with Crippen LogP contribution in [0, 0.1) is 0 Å². The Bertz CT molecular complexity index is 947. The van der Waals surface area contributed by atoms with Crippen LogP contribution in [-0.2, 0) is 13.0 Å². The molecule has 9 heteroatoms. The van der Waals surface area contributed by atoms with Crippen molar-refractivity contribution in [3.8, 4) is 5.75 Å². The number of phenols is 1. The van der Waals surface area contributed by atoms with E-state index in [4.69, 9.17) is 0 Å². The molecule has 28 heavy (non-hydrogen) atoms. The lowest BCUT2D eigenvalue weighted by Gasteiger charge is -2.22. The van der Waals surface area contributed by atoms with Gasteiger partial charge in [-0.05, 0) is 51.8 Å². The van der Waals surface area contributed by atoms with Crippen LogP contribution >= 0.6 is 15.9 Å². The van der Waals surface area contributed by atoms with Gasteiger partial charge >= 0.3 is 6.55 Å². The molecule has 0 radical (unpaired) electrons. The van der Waals surface area contributed by atoms with Gasteiger partial charge in [0.05, 0.1) is 5.69 Å². The molecule has 0 bridgehead atoms. The molecule has 0 aliphatic heterocycles. The van der Waals surface area contributed by atoms with Gasteiger partial charge in [0.2, 0.25) is 0 Å². The first kappa shape index (κ1) is 19.9. The summed E-state index contributed by atoms with van der Waals surface area (Å²) in [5.74, 6) is -0.339. The summed E-state index contributed by atoms with van der Waals surface area (Å²) in [6.45, 7) is -2.25. The Hall–Kier alpha value is -2.81. The summed E-state index contributed by atoms with van der Waals surface area (Å²) < 4.78 is 26.8. The van der Waals surface area contributed by atoms with Gasteiger partial charge < -0.3 is 10.0 Å². The summed E-state index contributed by atoms with van der Waals surface area (Å²) >= 11 is 3.43. The SMILES string of the molecule is O=C(c1ccn(C(F)F)n1)N(CCc1ncccc1Br)Cc1ccc(O)cc1. The fraction of sp³-hybridized carbons (Fsp3) is 0.211. The van der Waals surface area contributed by atoms with E-state index in [1.54, 1.807) is 24.4 Å². The quantitative estimate of drug-likeness (QED) is 0.589. The van der Waals surface area contributed by atoms with Crippen molar-refractivity contribution in [3.05, 3.63) is 76.3 Å². The second-order valence-corrected chi connectivity index (χ2v) is 6.89. The van der Waals surface area contributed by atoms with E-state index in [1.807, 2.05) is 6.07 Å². The van der Waals surface area contributed by atoms with Crippen LogP contribution in [0.4, 0.5) is 8.78 Å². The number of phenolic OH excluding ortho intramolecular Hbond substituents is 1. The zero-order valence-electron chi connectivity index (χ0n) is 14.7. The molecule has 0 saturated heterocycles. The Morgan fingerprint density at radius 1 is 1.21 bits per heavy atom. The second kappa shape index (κ2) is 8.92. The van der Waals surface area contributed by atoms with Gasteiger partial charge in [0.25, 0.3) is 5.91 Å². The largest absolute Gasteiger partial charge is 0.508 e. The fourth-order valence-electron chi connectivity index (χ4n) is 2.64. The summed E-state index contributed by atoms with van der Waals surface area (Å²) in [7, 11) is 0. The van der Waals surface area contributed by atoms with E-state index >= 15 is 0 Å². The number of alkyl halides is 2. The van der Waals surface area contributed by atoms with Crippen LogP contribution in [0.2, 0.25) is 0 Å². The maximum absolute atomic E-state index is 12.9. The van der Waals surface area contributed by atoms with Crippen LogP contribution in [0.3, 0.4) is 0 Å². The van der Waals surface area contributed by atoms with Crippen molar-refractivity contribution >= 4 is 21.8 Å². The second-order valence-electron chi connectivity index (χ2n) is 6.03. The van der Waals surface area contributed by atoms with Crippen LogP contribution in [0.15, 0.2) is 59.3 Å². The molecule has 2 heterocycles. The van der Waals surface area contributed by atoms with E-state index in [0.717, 1.165) is 21.9 Å². The molecule has 0 aliphatic rings. The highest BCUT2D eigenvalue weighted by Gasteiger charge is 2.21. The monoisotopic (exact) mass is 450 g/mol. The summed E-state index contributed by atoms with van der Waals surface area (Å²) in [5, 5.41) is 13.1. The Balaban J connectivity index is 1.81. The lowest BCUT2D eigenvalue weighted by Crippen LogP contribution is -2.33. The van der Waals surface area contributed by atoms with Crippen molar-refractivity contribution in [2.24, 2.45) is 0 Å². The lowest BCUT2D eigenvalue weighted by atomic mass is 10.1. The highest BCUT2D eigenvalue weighted by atomic mass is 79.9. The first-order valence-corrected chi connectivity index (χ1v) is 9.23. The number of rotatable bonds is 7. The molecule has 0 atom stereocenters. The molecular formula is C19H17BrF2N4O2. The first-order valence-electron chi connectivity index (χ1n) is 8.44. The summed E-state index contributed by atoms with van der Waals surface area (Å²) in [4.78, 5) is 18.7. The van der Waals surface area contributed by atoms with Gasteiger partial charge in [-0.15, -0.1) is 0 Å². The smallest absolute Gasteiger partial charge is 0.333 e. The molecule has 0 saturated carbocycles. The van der Waals surface area contributed by atoms with Gasteiger partial charge in [-0.2, -0.15) is 13.9 Å². The maximum Gasteiger partial charge on any atom is 0.333 e. The van der Waals surface area contributed by atoms with E-state index in [0.29, 0.717) is 17.6 Å². The minimum atomic E-state index is -2.81. The van der Waals surface area contributed by atoms with E-state index in [1.165, 1.54) is 23.1 Å². The highest BCUT2D eigenvalue weighted by molar-refractivity contribution is 9.10. The zero-order valence-corrected chi connectivity index (χ0v) is 16.3. The number of aromatic hydroxyl groups is 1. The molecule has 146 valence electrons. The molecule has 3 aromatic rings. The normalized spacial score (nSPS) is 11.0. The number of hydrogen-bond donors (Lipinski definition) is 1. The summed E-state index contributed by atoms with van der Waals surface area (Å²) in [6, 6.07) is 11.4. The predicted octanol–water partition coefficient (Wildman–Crippen LogP) is 4.03. The number of aromatic nitrogens is 3. The van der Waals surface area contributed by atoms with Crippen molar-refractivity contribution in [2.45, 2.75) is 19.5 Å². The molecule has 1 amide bonds. The van der Waals surface area contributed by atoms with E-state index in [2.05, 4.69) is 26.0 Å². The topological polar surface area (TPSA) is 71.2 Å². The number of amides is 1. The van der Waals surface area contributed by atoms with Crippen LogP contribution in [0.5, 0.6) is 5.75 Å². The average Bonchev–Trinajstić information content (AvgIpc) is 3.18. The number of pyridine rings is 1. The van der Waals surface area contributed by atoms with Crippen molar-refractivity contribution in [3.63, 3.8) is 0 Å². The van der Waals surface area contributed by atoms with Crippen molar-refractivity contribution in [1.29, 1.82) is 0 Å². The number of hydrogen-bond acceptors (Lipinski definition) is 4. The van der Waals surface area contributed by atoms with Gasteiger partial charge in [-0.1, -0.05) is 12.1 Å². The first-order chi connectivity index (χ1) is 13.4. The summed E-state index contributed by atoms with van der Waals surface area (Å²) in [5.41, 5.74) is 1.52. The van der Waals surface area contributed by atoms with Gasteiger partial charge in [0.1, 0.15) is 5.75 Å². The molecule has 0 aliphatic carbocycles. The van der Waals surface area contributed by atoms with Crippen molar-refractivity contribution in [1.82, 2.24) is 19.7 Å². The molecule has 3 rings (SSSR count). The molecule has 2 aromatic heterocycles. The average molecular weight is 451 g/mol. The molecule has 1 N–H and O–H groups in total. The fourth-order valence-corrected chi connectivity index (χ4v) is 3.09. The summed E-state index contributed by atoms with van der Waals surface area (Å²) in [6.07, 6.45) is 3.21. The third-order valence-electron chi connectivity index (χ3n) is 4.08. The standard InChI is InChI=1S/C19H17BrF2N4O2/c20-15-2-1-9-23-16(15)7-10-25(12-13-3-5-14(27)6-4-13)18(28)17-8-11-26(24-17)19(21)22/h1-6,8-9,11,19,27H,7,10,12H2. The Labute approximate surface area is 168 Å². The van der Waals surface area contributed by atoms with Crippen molar-refractivity contribution in [2.75, 3.05) is 6.54 Å². The van der Waals surface area contributed by atoms with Crippen LogP contribution < -0.4 is 0 Å². The third-order valence-corrected chi connectivity index (χ3v) is 4.80. The van der Waals surface area contributed by atoms with Crippen LogP contribution in [0.25, 0.3) is 0 Å². The van der Waals surface area contributed by atoms with Crippen LogP contribution in [-0.4, -0.2) is 37.2 Å². The minimum Gasteiger partial charge on any atom is -0.508 e. The lowest BCUT2D eigenvalue weighted by molar-refractivity contribution is 0.0550. The molecule has 0 unspecified atom stereocenters. The zero-order chi connectivity index (χ0) is 20.1.